The molecule has 0 aliphatic heterocycles. The lowest BCUT2D eigenvalue weighted by molar-refractivity contribution is -0.0501. The van der Waals surface area contributed by atoms with E-state index >= 15 is 0 Å². The summed E-state index contributed by atoms with van der Waals surface area (Å²) in [5.74, 6) is 0.663. The first kappa shape index (κ1) is 15.9. The van der Waals surface area contributed by atoms with Crippen LogP contribution in [0.2, 0.25) is 0 Å². The molecule has 0 aromatic carbocycles. The van der Waals surface area contributed by atoms with Gasteiger partial charge in [0.25, 0.3) is 0 Å². The standard InChI is InChI=1S/C14H29NO3/c1-3-12-6-4-5-7-14(12)18-10-13(17)9-15-8-11(2)16/h11-17H,3-10H2,1-2H3. The van der Waals surface area contributed by atoms with Crippen LogP contribution in [0.1, 0.15) is 46.0 Å². The van der Waals surface area contributed by atoms with E-state index in [1.165, 1.54) is 25.7 Å². The predicted octanol–water partition coefficient (Wildman–Crippen LogP) is 1.30. The number of hydrogen-bond donors (Lipinski definition) is 3. The van der Waals surface area contributed by atoms with E-state index in [1.54, 1.807) is 6.92 Å². The van der Waals surface area contributed by atoms with Crippen molar-refractivity contribution >= 4 is 0 Å². The average Bonchev–Trinajstić information content (AvgIpc) is 2.36. The van der Waals surface area contributed by atoms with Gasteiger partial charge in [-0.05, 0) is 25.7 Å². The van der Waals surface area contributed by atoms with Crippen LogP contribution in [0.15, 0.2) is 0 Å². The molecule has 0 heterocycles. The zero-order chi connectivity index (χ0) is 13.4. The molecule has 1 aliphatic carbocycles. The van der Waals surface area contributed by atoms with Gasteiger partial charge in [-0.25, -0.2) is 0 Å². The molecular formula is C14H29NO3. The molecule has 1 fully saturated rings. The van der Waals surface area contributed by atoms with Crippen molar-refractivity contribution in [2.75, 3.05) is 19.7 Å². The van der Waals surface area contributed by atoms with E-state index < -0.39 is 6.10 Å². The lowest BCUT2D eigenvalue weighted by atomic mass is 9.85. The summed E-state index contributed by atoms with van der Waals surface area (Å²) < 4.78 is 5.85. The van der Waals surface area contributed by atoms with Gasteiger partial charge in [-0.3, -0.25) is 0 Å². The van der Waals surface area contributed by atoms with Gasteiger partial charge in [0.15, 0.2) is 0 Å². The summed E-state index contributed by atoms with van der Waals surface area (Å²) in [6.07, 6.45) is 5.60. The van der Waals surface area contributed by atoms with Crippen molar-refractivity contribution in [3.8, 4) is 0 Å². The topological polar surface area (TPSA) is 61.7 Å². The highest BCUT2D eigenvalue weighted by molar-refractivity contribution is 4.75. The predicted molar refractivity (Wildman–Crippen MR) is 72.5 cm³/mol. The molecule has 0 aromatic heterocycles. The van der Waals surface area contributed by atoms with Gasteiger partial charge in [0.2, 0.25) is 0 Å². The Morgan fingerprint density at radius 1 is 1.22 bits per heavy atom. The third kappa shape index (κ3) is 6.14. The molecule has 1 saturated carbocycles. The molecule has 18 heavy (non-hydrogen) atoms. The molecule has 4 unspecified atom stereocenters. The number of rotatable bonds is 8. The summed E-state index contributed by atoms with van der Waals surface area (Å²) in [6, 6.07) is 0. The Balaban J connectivity index is 2.14. The molecular weight excluding hydrogens is 230 g/mol. The monoisotopic (exact) mass is 259 g/mol. The van der Waals surface area contributed by atoms with Gasteiger partial charge in [0.1, 0.15) is 0 Å². The van der Waals surface area contributed by atoms with Gasteiger partial charge in [0, 0.05) is 13.1 Å². The Bertz CT molecular complexity index is 211. The van der Waals surface area contributed by atoms with Crippen molar-refractivity contribution in [1.82, 2.24) is 5.32 Å². The van der Waals surface area contributed by atoms with Crippen molar-refractivity contribution in [2.45, 2.75) is 64.3 Å². The smallest absolute Gasteiger partial charge is 0.0897 e. The quantitative estimate of drug-likeness (QED) is 0.615. The van der Waals surface area contributed by atoms with Crippen LogP contribution in [-0.2, 0) is 4.74 Å². The Kier molecular flexibility index (Phi) is 7.82. The van der Waals surface area contributed by atoms with Gasteiger partial charge in [-0.15, -0.1) is 0 Å². The average molecular weight is 259 g/mol. The summed E-state index contributed by atoms with van der Waals surface area (Å²) in [5.41, 5.74) is 0. The molecule has 4 nitrogen and oxygen atoms in total. The Morgan fingerprint density at radius 2 is 1.94 bits per heavy atom. The van der Waals surface area contributed by atoms with Crippen molar-refractivity contribution < 1.29 is 14.9 Å². The third-order valence-electron chi connectivity index (χ3n) is 3.69. The first-order valence-corrected chi connectivity index (χ1v) is 7.32. The molecule has 0 bridgehead atoms. The van der Waals surface area contributed by atoms with E-state index in [0.717, 1.165) is 6.42 Å². The molecule has 1 rings (SSSR count). The Morgan fingerprint density at radius 3 is 2.61 bits per heavy atom. The molecule has 0 aromatic rings. The molecule has 4 atom stereocenters. The molecule has 0 spiro atoms. The lowest BCUT2D eigenvalue weighted by Gasteiger charge is -2.31. The first-order chi connectivity index (χ1) is 8.63. The van der Waals surface area contributed by atoms with Crippen LogP contribution in [0, 0.1) is 5.92 Å². The van der Waals surface area contributed by atoms with Gasteiger partial charge in [-0.1, -0.05) is 26.2 Å². The van der Waals surface area contributed by atoms with E-state index in [2.05, 4.69) is 12.2 Å². The van der Waals surface area contributed by atoms with Gasteiger partial charge in [-0.2, -0.15) is 0 Å². The fourth-order valence-electron chi connectivity index (χ4n) is 2.61. The Labute approximate surface area is 111 Å². The zero-order valence-electron chi connectivity index (χ0n) is 11.8. The lowest BCUT2D eigenvalue weighted by Crippen LogP contribution is -2.37. The van der Waals surface area contributed by atoms with Crippen molar-refractivity contribution in [3.63, 3.8) is 0 Å². The molecule has 108 valence electrons. The van der Waals surface area contributed by atoms with Crippen LogP contribution < -0.4 is 5.32 Å². The minimum absolute atomic E-state index is 0.329. The van der Waals surface area contributed by atoms with E-state index in [-0.39, 0.29) is 6.10 Å². The van der Waals surface area contributed by atoms with E-state index in [0.29, 0.717) is 31.7 Å². The highest BCUT2D eigenvalue weighted by Gasteiger charge is 2.24. The third-order valence-corrected chi connectivity index (χ3v) is 3.69. The maximum absolute atomic E-state index is 9.78. The summed E-state index contributed by atoms with van der Waals surface area (Å²) in [5, 5.41) is 21.9. The summed E-state index contributed by atoms with van der Waals surface area (Å²) in [4.78, 5) is 0. The van der Waals surface area contributed by atoms with Crippen LogP contribution in [0.3, 0.4) is 0 Å². The van der Waals surface area contributed by atoms with Gasteiger partial charge in [0.05, 0.1) is 24.9 Å². The van der Waals surface area contributed by atoms with Gasteiger partial charge >= 0.3 is 0 Å². The van der Waals surface area contributed by atoms with Gasteiger partial charge < -0.3 is 20.3 Å². The number of aliphatic hydroxyl groups excluding tert-OH is 2. The largest absolute Gasteiger partial charge is 0.392 e. The second kappa shape index (κ2) is 8.86. The molecule has 0 amide bonds. The number of hydrogen-bond acceptors (Lipinski definition) is 4. The number of nitrogens with one attached hydrogen (secondary N) is 1. The molecule has 3 N–H and O–H groups in total. The highest BCUT2D eigenvalue weighted by atomic mass is 16.5. The SMILES string of the molecule is CCC1CCCCC1OCC(O)CNCC(C)O. The van der Waals surface area contributed by atoms with E-state index in [4.69, 9.17) is 9.84 Å². The summed E-state index contributed by atoms with van der Waals surface area (Å²) >= 11 is 0. The first-order valence-electron chi connectivity index (χ1n) is 7.32. The zero-order valence-corrected chi connectivity index (χ0v) is 11.8. The van der Waals surface area contributed by atoms with Crippen LogP contribution in [-0.4, -0.2) is 48.2 Å². The van der Waals surface area contributed by atoms with Crippen molar-refractivity contribution in [3.05, 3.63) is 0 Å². The normalized spacial score (nSPS) is 28.0. The van der Waals surface area contributed by atoms with E-state index in [9.17, 15) is 5.11 Å². The second-order valence-corrected chi connectivity index (χ2v) is 5.49. The second-order valence-electron chi connectivity index (χ2n) is 5.49. The summed E-state index contributed by atoms with van der Waals surface area (Å²) in [7, 11) is 0. The van der Waals surface area contributed by atoms with Crippen LogP contribution >= 0.6 is 0 Å². The molecule has 1 aliphatic rings. The molecule has 0 radical (unpaired) electrons. The minimum atomic E-state index is -0.483. The fourth-order valence-corrected chi connectivity index (χ4v) is 2.61. The molecule has 4 heteroatoms. The van der Waals surface area contributed by atoms with Crippen LogP contribution in [0.25, 0.3) is 0 Å². The number of ether oxygens (including phenoxy) is 1. The van der Waals surface area contributed by atoms with Crippen LogP contribution in [0.4, 0.5) is 0 Å². The summed E-state index contributed by atoms with van der Waals surface area (Å²) in [6.45, 7) is 5.33. The maximum atomic E-state index is 9.78. The maximum Gasteiger partial charge on any atom is 0.0897 e. The number of aliphatic hydroxyl groups is 2. The molecule has 0 saturated heterocycles. The van der Waals surface area contributed by atoms with Crippen molar-refractivity contribution in [2.24, 2.45) is 5.92 Å². The van der Waals surface area contributed by atoms with Crippen LogP contribution in [0.5, 0.6) is 0 Å². The Hall–Kier alpha value is -0.160. The minimum Gasteiger partial charge on any atom is -0.392 e. The van der Waals surface area contributed by atoms with E-state index in [1.807, 2.05) is 0 Å². The highest BCUT2D eigenvalue weighted by Crippen LogP contribution is 2.29. The fraction of sp³-hybridized carbons (Fsp3) is 1.00. The van der Waals surface area contributed by atoms with Crippen molar-refractivity contribution in [1.29, 1.82) is 0 Å².